The van der Waals surface area contributed by atoms with E-state index in [0.29, 0.717) is 18.9 Å². The van der Waals surface area contributed by atoms with E-state index in [0.717, 1.165) is 18.5 Å². The molecule has 0 N–H and O–H groups in total. The number of rotatable bonds is 1. The van der Waals surface area contributed by atoms with E-state index in [1.165, 1.54) is 12.8 Å². The van der Waals surface area contributed by atoms with Gasteiger partial charge in [0.05, 0.1) is 24.4 Å². The Labute approximate surface area is 106 Å². The largest absolute Gasteiger partial charge is 0.374 e. The molecule has 2 unspecified atom stereocenters. The number of aromatic nitrogens is 1. The Kier molecular flexibility index (Phi) is 3.07. The van der Waals surface area contributed by atoms with Gasteiger partial charge in [0.15, 0.2) is 0 Å². The summed E-state index contributed by atoms with van der Waals surface area (Å²) in [4.78, 5) is 14.3. The van der Waals surface area contributed by atoms with E-state index in [1.807, 2.05) is 11.8 Å². The standard InChI is InChI=1S/C13H18N2O3/c1-9-8-12(18-14-9)13(16)15-6-7-17-11-5-3-2-4-10(11)15/h8,10-11H,2-7H2,1H3. The van der Waals surface area contributed by atoms with Crippen LogP contribution in [0.3, 0.4) is 0 Å². The molecule has 0 spiro atoms. The Bertz CT molecular complexity index is 441. The van der Waals surface area contributed by atoms with Gasteiger partial charge in [0, 0.05) is 12.6 Å². The van der Waals surface area contributed by atoms with Crippen LogP contribution in [0.25, 0.3) is 0 Å². The lowest BCUT2D eigenvalue weighted by Crippen LogP contribution is -2.54. The summed E-state index contributed by atoms with van der Waals surface area (Å²) in [6, 6.07) is 1.92. The second-order valence-electron chi connectivity index (χ2n) is 5.09. The molecule has 3 rings (SSSR count). The molecule has 2 fully saturated rings. The van der Waals surface area contributed by atoms with Crippen LogP contribution in [0.15, 0.2) is 10.6 Å². The average molecular weight is 250 g/mol. The van der Waals surface area contributed by atoms with Gasteiger partial charge >= 0.3 is 0 Å². The van der Waals surface area contributed by atoms with Crippen molar-refractivity contribution in [3.63, 3.8) is 0 Å². The lowest BCUT2D eigenvalue weighted by Gasteiger charge is -2.43. The molecule has 18 heavy (non-hydrogen) atoms. The van der Waals surface area contributed by atoms with Crippen LogP contribution in [-0.4, -0.2) is 41.3 Å². The molecule has 0 bridgehead atoms. The van der Waals surface area contributed by atoms with E-state index in [1.54, 1.807) is 6.07 Å². The fourth-order valence-electron chi connectivity index (χ4n) is 2.95. The van der Waals surface area contributed by atoms with Crippen molar-refractivity contribution in [3.05, 3.63) is 17.5 Å². The highest BCUT2D eigenvalue weighted by Gasteiger charge is 2.37. The van der Waals surface area contributed by atoms with Crippen LogP contribution >= 0.6 is 0 Å². The third-order valence-electron chi connectivity index (χ3n) is 3.83. The summed E-state index contributed by atoms with van der Waals surface area (Å²) in [6.07, 6.45) is 4.67. The van der Waals surface area contributed by atoms with E-state index in [4.69, 9.17) is 9.26 Å². The van der Waals surface area contributed by atoms with Crippen LogP contribution in [0.5, 0.6) is 0 Å². The molecular formula is C13H18N2O3. The van der Waals surface area contributed by atoms with Gasteiger partial charge in [-0.2, -0.15) is 0 Å². The number of fused-ring (bicyclic) bond motifs is 1. The minimum absolute atomic E-state index is 0.0456. The Hall–Kier alpha value is -1.36. The molecule has 1 aromatic rings. The van der Waals surface area contributed by atoms with Crippen LogP contribution in [0.1, 0.15) is 41.9 Å². The smallest absolute Gasteiger partial charge is 0.292 e. The van der Waals surface area contributed by atoms with Gasteiger partial charge in [-0.05, 0) is 19.8 Å². The van der Waals surface area contributed by atoms with Crippen molar-refractivity contribution in [2.24, 2.45) is 0 Å². The quantitative estimate of drug-likeness (QED) is 0.762. The Morgan fingerprint density at radius 3 is 3.06 bits per heavy atom. The summed E-state index contributed by atoms with van der Waals surface area (Å²) in [6.45, 7) is 3.10. The second-order valence-corrected chi connectivity index (χ2v) is 5.09. The summed E-state index contributed by atoms with van der Waals surface area (Å²) in [5.41, 5.74) is 0.742. The molecule has 1 aliphatic carbocycles. The van der Waals surface area contributed by atoms with Crippen molar-refractivity contribution in [1.29, 1.82) is 0 Å². The lowest BCUT2D eigenvalue weighted by molar-refractivity contribution is -0.0760. The lowest BCUT2D eigenvalue weighted by atomic mass is 9.90. The Morgan fingerprint density at radius 2 is 2.28 bits per heavy atom. The number of morpholine rings is 1. The maximum absolute atomic E-state index is 12.4. The third-order valence-corrected chi connectivity index (χ3v) is 3.83. The number of carbonyl (C=O) groups excluding carboxylic acids is 1. The Morgan fingerprint density at radius 1 is 1.44 bits per heavy atom. The van der Waals surface area contributed by atoms with Gasteiger partial charge in [0.2, 0.25) is 5.76 Å². The summed E-state index contributed by atoms with van der Waals surface area (Å²) in [7, 11) is 0. The molecule has 1 aliphatic heterocycles. The highest BCUT2D eigenvalue weighted by molar-refractivity contribution is 5.91. The number of hydrogen-bond acceptors (Lipinski definition) is 4. The first-order chi connectivity index (χ1) is 8.75. The normalized spacial score (nSPS) is 27.9. The molecule has 5 heteroatoms. The maximum Gasteiger partial charge on any atom is 0.292 e. The van der Waals surface area contributed by atoms with Crippen molar-refractivity contribution in [3.8, 4) is 0 Å². The first-order valence-electron chi connectivity index (χ1n) is 6.61. The van der Waals surface area contributed by atoms with Crippen molar-refractivity contribution >= 4 is 5.91 Å². The van der Waals surface area contributed by atoms with E-state index in [-0.39, 0.29) is 18.1 Å². The van der Waals surface area contributed by atoms with Gasteiger partial charge < -0.3 is 14.2 Å². The van der Waals surface area contributed by atoms with Gasteiger partial charge in [-0.15, -0.1) is 0 Å². The van der Waals surface area contributed by atoms with E-state index >= 15 is 0 Å². The van der Waals surface area contributed by atoms with Crippen LogP contribution in [-0.2, 0) is 4.74 Å². The molecule has 98 valence electrons. The van der Waals surface area contributed by atoms with Crippen LogP contribution in [0.4, 0.5) is 0 Å². The first kappa shape index (κ1) is 11.7. The Balaban J connectivity index is 1.79. The molecule has 1 aromatic heterocycles. The highest BCUT2D eigenvalue weighted by atomic mass is 16.5. The van der Waals surface area contributed by atoms with Crippen molar-refractivity contribution in [2.75, 3.05) is 13.2 Å². The molecule has 0 aromatic carbocycles. The van der Waals surface area contributed by atoms with Crippen LogP contribution in [0, 0.1) is 6.92 Å². The summed E-state index contributed by atoms with van der Waals surface area (Å²) in [5, 5.41) is 3.78. The van der Waals surface area contributed by atoms with Gasteiger partial charge in [-0.25, -0.2) is 0 Å². The molecule has 1 amide bonds. The zero-order valence-corrected chi connectivity index (χ0v) is 10.6. The van der Waals surface area contributed by atoms with Crippen LogP contribution in [0.2, 0.25) is 0 Å². The SMILES string of the molecule is Cc1cc(C(=O)N2CCOC3CCCCC32)on1. The van der Waals surface area contributed by atoms with Gasteiger partial charge in [-0.3, -0.25) is 4.79 Å². The predicted octanol–water partition coefficient (Wildman–Crippen LogP) is 1.77. The summed E-state index contributed by atoms with van der Waals surface area (Å²) in [5.74, 6) is 0.300. The van der Waals surface area contributed by atoms with Crippen molar-refractivity contribution in [2.45, 2.75) is 44.8 Å². The molecular weight excluding hydrogens is 232 g/mol. The van der Waals surface area contributed by atoms with E-state index in [9.17, 15) is 4.79 Å². The van der Waals surface area contributed by atoms with Gasteiger partial charge in [0.1, 0.15) is 0 Å². The van der Waals surface area contributed by atoms with Crippen LogP contribution < -0.4 is 0 Å². The maximum atomic E-state index is 12.4. The summed E-state index contributed by atoms with van der Waals surface area (Å²) >= 11 is 0. The fraction of sp³-hybridized carbons (Fsp3) is 0.692. The average Bonchev–Trinajstić information content (AvgIpc) is 2.84. The molecule has 1 saturated carbocycles. The first-order valence-corrected chi connectivity index (χ1v) is 6.61. The second kappa shape index (κ2) is 4.72. The summed E-state index contributed by atoms with van der Waals surface area (Å²) < 4.78 is 10.8. The number of carbonyl (C=O) groups is 1. The molecule has 2 heterocycles. The third kappa shape index (κ3) is 2.03. The topological polar surface area (TPSA) is 55.6 Å². The zero-order valence-electron chi connectivity index (χ0n) is 10.6. The zero-order chi connectivity index (χ0) is 12.5. The number of amides is 1. The molecule has 5 nitrogen and oxygen atoms in total. The number of hydrogen-bond donors (Lipinski definition) is 0. The number of ether oxygens (including phenoxy) is 1. The molecule has 1 saturated heterocycles. The van der Waals surface area contributed by atoms with E-state index in [2.05, 4.69) is 5.16 Å². The monoisotopic (exact) mass is 250 g/mol. The van der Waals surface area contributed by atoms with Crippen molar-refractivity contribution < 1.29 is 14.1 Å². The van der Waals surface area contributed by atoms with Gasteiger partial charge in [0.25, 0.3) is 5.91 Å². The molecule has 2 aliphatic rings. The minimum Gasteiger partial charge on any atom is -0.374 e. The number of nitrogens with zero attached hydrogens (tertiary/aromatic N) is 2. The van der Waals surface area contributed by atoms with Gasteiger partial charge in [-0.1, -0.05) is 18.0 Å². The predicted molar refractivity (Wildman–Crippen MR) is 64.3 cm³/mol. The number of aryl methyl sites for hydroxylation is 1. The molecule has 2 atom stereocenters. The fourth-order valence-corrected chi connectivity index (χ4v) is 2.95. The van der Waals surface area contributed by atoms with Crippen molar-refractivity contribution in [1.82, 2.24) is 10.1 Å². The van der Waals surface area contributed by atoms with E-state index < -0.39 is 0 Å². The molecule has 0 radical (unpaired) electrons. The minimum atomic E-state index is -0.0456. The highest BCUT2D eigenvalue weighted by Crippen LogP contribution is 2.29.